The van der Waals surface area contributed by atoms with Gasteiger partial charge in [0, 0.05) is 19.1 Å². The maximum Gasteiger partial charge on any atom is 0.255 e. The number of nitrogens with zero attached hydrogens (tertiary/aromatic N) is 3. The SMILES string of the molecule is CCc1c(C(=O)NCc2ccccc2CN(C)C(C)C)cnn1Cc1ccccc1. The second-order valence-electron chi connectivity index (χ2n) is 7.96. The average Bonchev–Trinajstić information content (AvgIpc) is 3.16. The van der Waals surface area contributed by atoms with Gasteiger partial charge in [-0.25, -0.2) is 0 Å². The van der Waals surface area contributed by atoms with E-state index in [4.69, 9.17) is 0 Å². The quantitative estimate of drug-likeness (QED) is 0.580. The Hall–Kier alpha value is -2.92. The second kappa shape index (κ2) is 10.2. The van der Waals surface area contributed by atoms with Gasteiger partial charge in [0.05, 0.1) is 24.0 Å². The van der Waals surface area contributed by atoms with E-state index in [2.05, 4.69) is 73.5 Å². The Morgan fingerprint density at radius 1 is 1.07 bits per heavy atom. The summed E-state index contributed by atoms with van der Waals surface area (Å²) in [4.78, 5) is 15.2. The Morgan fingerprint density at radius 2 is 1.73 bits per heavy atom. The number of carbonyl (C=O) groups excluding carboxylic acids is 1. The molecule has 5 heteroatoms. The van der Waals surface area contributed by atoms with Crippen molar-refractivity contribution in [1.29, 1.82) is 0 Å². The lowest BCUT2D eigenvalue weighted by Gasteiger charge is -2.22. The van der Waals surface area contributed by atoms with Crippen LogP contribution in [0.4, 0.5) is 0 Å². The predicted molar refractivity (Wildman–Crippen MR) is 121 cm³/mol. The molecule has 0 spiro atoms. The second-order valence-corrected chi connectivity index (χ2v) is 7.96. The fourth-order valence-electron chi connectivity index (χ4n) is 3.47. The van der Waals surface area contributed by atoms with E-state index in [0.717, 1.165) is 24.2 Å². The molecule has 0 bridgehead atoms. The zero-order valence-electron chi connectivity index (χ0n) is 18.4. The number of rotatable bonds is 9. The molecule has 2 aromatic carbocycles. The average molecular weight is 405 g/mol. The summed E-state index contributed by atoms with van der Waals surface area (Å²) < 4.78 is 1.93. The van der Waals surface area contributed by atoms with Gasteiger partial charge in [-0.05, 0) is 44.0 Å². The largest absolute Gasteiger partial charge is 0.348 e. The number of nitrogens with one attached hydrogen (secondary N) is 1. The highest BCUT2D eigenvalue weighted by Gasteiger charge is 2.17. The van der Waals surface area contributed by atoms with Crippen molar-refractivity contribution in [3.63, 3.8) is 0 Å². The smallest absolute Gasteiger partial charge is 0.255 e. The summed E-state index contributed by atoms with van der Waals surface area (Å²) in [5.41, 5.74) is 5.18. The minimum absolute atomic E-state index is 0.0711. The van der Waals surface area contributed by atoms with E-state index < -0.39 is 0 Å². The third kappa shape index (κ3) is 5.36. The molecular weight excluding hydrogens is 372 g/mol. The molecule has 1 N–H and O–H groups in total. The lowest BCUT2D eigenvalue weighted by atomic mass is 10.1. The summed E-state index contributed by atoms with van der Waals surface area (Å²) in [7, 11) is 2.12. The number of hydrogen-bond acceptors (Lipinski definition) is 3. The third-order valence-corrected chi connectivity index (χ3v) is 5.56. The number of hydrogen-bond donors (Lipinski definition) is 1. The Kier molecular flexibility index (Phi) is 7.41. The van der Waals surface area contributed by atoms with Gasteiger partial charge in [0.15, 0.2) is 0 Å². The van der Waals surface area contributed by atoms with E-state index in [1.807, 2.05) is 28.9 Å². The van der Waals surface area contributed by atoms with E-state index in [1.165, 1.54) is 11.1 Å². The first-order valence-electron chi connectivity index (χ1n) is 10.6. The molecule has 0 atom stereocenters. The number of benzene rings is 2. The van der Waals surface area contributed by atoms with Crippen molar-refractivity contribution in [1.82, 2.24) is 20.0 Å². The highest BCUT2D eigenvalue weighted by Crippen LogP contribution is 2.15. The van der Waals surface area contributed by atoms with Crippen LogP contribution in [-0.4, -0.2) is 33.7 Å². The van der Waals surface area contributed by atoms with Crippen molar-refractivity contribution in [3.05, 3.63) is 88.7 Å². The van der Waals surface area contributed by atoms with Crippen LogP contribution in [0.25, 0.3) is 0 Å². The Morgan fingerprint density at radius 3 is 2.40 bits per heavy atom. The summed E-state index contributed by atoms with van der Waals surface area (Å²) in [6, 6.07) is 19.0. The highest BCUT2D eigenvalue weighted by atomic mass is 16.1. The molecule has 1 amide bonds. The zero-order valence-corrected chi connectivity index (χ0v) is 18.4. The number of aromatic nitrogens is 2. The molecule has 0 fully saturated rings. The highest BCUT2D eigenvalue weighted by molar-refractivity contribution is 5.95. The lowest BCUT2D eigenvalue weighted by Crippen LogP contribution is -2.28. The lowest BCUT2D eigenvalue weighted by molar-refractivity contribution is 0.0949. The van der Waals surface area contributed by atoms with Gasteiger partial charge in [0.2, 0.25) is 0 Å². The number of carbonyl (C=O) groups is 1. The van der Waals surface area contributed by atoms with E-state index in [-0.39, 0.29) is 5.91 Å². The van der Waals surface area contributed by atoms with Gasteiger partial charge in [-0.15, -0.1) is 0 Å². The van der Waals surface area contributed by atoms with Crippen molar-refractivity contribution in [2.45, 2.75) is 52.9 Å². The van der Waals surface area contributed by atoms with Crippen LogP contribution in [0.3, 0.4) is 0 Å². The van der Waals surface area contributed by atoms with Gasteiger partial charge in [0.1, 0.15) is 0 Å². The topological polar surface area (TPSA) is 50.2 Å². The van der Waals surface area contributed by atoms with Crippen LogP contribution in [0.15, 0.2) is 60.8 Å². The van der Waals surface area contributed by atoms with Gasteiger partial charge in [-0.2, -0.15) is 5.10 Å². The van der Waals surface area contributed by atoms with Crippen molar-refractivity contribution in [2.75, 3.05) is 7.05 Å². The number of amides is 1. The fraction of sp³-hybridized carbons (Fsp3) is 0.360. The Bertz CT molecular complexity index is 962. The normalized spacial score (nSPS) is 11.3. The molecule has 158 valence electrons. The molecule has 3 aromatic rings. The van der Waals surface area contributed by atoms with Crippen LogP contribution >= 0.6 is 0 Å². The monoisotopic (exact) mass is 404 g/mol. The Labute approximate surface area is 179 Å². The first kappa shape index (κ1) is 21.8. The van der Waals surface area contributed by atoms with E-state index in [1.54, 1.807) is 6.20 Å². The van der Waals surface area contributed by atoms with E-state index in [0.29, 0.717) is 24.7 Å². The molecule has 1 heterocycles. The molecule has 1 aromatic heterocycles. The maximum atomic E-state index is 12.9. The first-order valence-corrected chi connectivity index (χ1v) is 10.6. The molecule has 0 aliphatic carbocycles. The van der Waals surface area contributed by atoms with Crippen LogP contribution < -0.4 is 5.32 Å². The van der Waals surface area contributed by atoms with Crippen molar-refractivity contribution >= 4 is 5.91 Å². The molecule has 30 heavy (non-hydrogen) atoms. The Balaban J connectivity index is 1.70. The van der Waals surface area contributed by atoms with Crippen molar-refractivity contribution in [3.8, 4) is 0 Å². The van der Waals surface area contributed by atoms with Crippen molar-refractivity contribution < 1.29 is 4.79 Å². The maximum absolute atomic E-state index is 12.9. The van der Waals surface area contributed by atoms with Gasteiger partial charge < -0.3 is 5.32 Å². The minimum atomic E-state index is -0.0711. The van der Waals surface area contributed by atoms with Gasteiger partial charge in [-0.1, -0.05) is 61.5 Å². The van der Waals surface area contributed by atoms with Crippen LogP contribution in [0.5, 0.6) is 0 Å². The molecular formula is C25H32N4O. The van der Waals surface area contributed by atoms with Gasteiger partial charge in [-0.3, -0.25) is 14.4 Å². The molecule has 0 aliphatic heterocycles. The first-order chi connectivity index (χ1) is 14.5. The molecule has 0 unspecified atom stereocenters. The van der Waals surface area contributed by atoms with Crippen LogP contribution in [-0.2, 0) is 26.1 Å². The molecule has 0 saturated heterocycles. The molecule has 0 saturated carbocycles. The molecule has 5 nitrogen and oxygen atoms in total. The zero-order chi connectivity index (χ0) is 21.5. The summed E-state index contributed by atoms with van der Waals surface area (Å²) in [5, 5.41) is 7.58. The fourth-order valence-corrected chi connectivity index (χ4v) is 3.47. The standard InChI is InChI=1S/C25H32N4O/c1-5-24-23(16-27-29(24)17-20-11-7-6-8-12-20)25(30)26-15-21-13-9-10-14-22(21)18-28(4)19(2)3/h6-14,16,19H,5,15,17-18H2,1-4H3,(H,26,30). The molecule has 0 aliphatic rings. The molecule has 0 radical (unpaired) electrons. The van der Waals surface area contributed by atoms with Crippen LogP contribution in [0.2, 0.25) is 0 Å². The van der Waals surface area contributed by atoms with Crippen LogP contribution in [0.1, 0.15) is 53.5 Å². The predicted octanol–water partition coefficient (Wildman–Crippen LogP) is 4.26. The minimum Gasteiger partial charge on any atom is -0.348 e. The van der Waals surface area contributed by atoms with Gasteiger partial charge in [0.25, 0.3) is 5.91 Å². The summed E-state index contributed by atoms with van der Waals surface area (Å²) >= 11 is 0. The van der Waals surface area contributed by atoms with Crippen molar-refractivity contribution in [2.24, 2.45) is 0 Å². The van der Waals surface area contributed by atoms with E-state index in [9.17, 15) is 4.79 Å². The van der Waals surface area contributed by atoms with Gasteiger partial charge >= 0.3 is 0 Å². The molecule has 3 rings (SSSR count). The summed E-state index contributed by atoms with van der Waals surface area (Å²) in [6.07, 6.45) is 2.45. The summed E-state index contributed by atoms with van der Waals surface area (Å²) in [6.45, 7) is 8.47. The summed E-state index contributed by atoms with van der Waals surface area (Å²) in [5.74, 6) is -0.0711. The van der Waals surface area contributed by atoms with Crippen LogP contribution in [0, 0.1) is 0 Å². The third-order valence-electron chi connectivity index (χ3n) is 5.56. The van der Waals surface area contributed by atoms with E-state index >= 15 is 0 Å².